The molecule has 0 aromatic carbocycles. The first-order valence-corrected chi connectivity index (χ1v) is 6.59. The molecule has 0 aliphatic rings. The number of aromatic nitrogens is 3. The van der Waals surface area contributed by atoms with Crippen molar-refractivity contribution in [3.05, 3.63) is 66.0 Å². The van der Waals surface area contributed by atoms with Crippen molar-refractivity contribution in [3.63, 3.8) is 0 Å². The van der Waals surface area contributed by atoms with Crippen molar-refractivity contribution in [1.82, 2.24) is 15.0 Å². The Morgan fingerprint density at radius 2 is 1.62 bits per heavy atom. The molecule has 4 nitrogen and oxygen atoms in total. The number of hydrogen-bond acceptors (Lipinski definition) is 4. The molecule has 0 atom stereocenters. The van der Waals surface area contributed by atoms with Gasteiger partial charge in [0.25, 0.3) is 0 Å². The molecular weight excluding hydrogens is 262 g/mol. The third kappa shape index (κ3) is 2.84. The number of pyridine rings is 3. The molecule has 0 fully saturated rings. The van der Waals surface area contributed by atoms with E-state index in [0.29, 0.717) is 17.0 Å². The van der Waals surface area contributed by atoms with Gasteiger partial charge in [-0.05, 0) is 43.3 Å². The summed E-state index contributed by atoms with van der Waals surface area (Å²) in [4.78, 5) is 24.5. The molecule has 0 saturated heterocycles. The summed E-state index contributed by atoms with van der Waals surface area (Å²) in [6.07, 6.45) is 2.52. The highest BCUT2D eigenvalue weighted by molar-refractivity contribution is 5.80. The maximum atomic E-state index is 11.2. The summed E-state index contributed by atoms with van der Waals surface area (Å²) < 4.78 is 0. The average Bonchev–Trinajstić information content (AvgIpc) is 2.55. The smallest absolute Gasteiger partial charge is 0.150 e. The second kappa shape index (κ2) is 5.63. The molecule has 102 valence electrons. The van der Waals surface area contributed by atoms with Crippen molar-refractivity contribution < 1.29 is 4.79 Å². The first-order chi connectivity index (χ1) is 10.3. The number of hydrogen-bond donors (Lipinski definition) is 0. The summed E-state index contributed by atoms with van der Waals surface area (Å²) >= 11 is 0. The van der Waals surface area contributed by atoms with E-state index in [9.17, 15) is 4.79 Å². The number of carbonyl (C=O) groups excluding carboxylic acids is 1. The summed E-state index contributed by atoms with van der Waals surface area (Å²) in [6, 6.07) is 14.8. The van der Waals surface area contributed by atoms with Gasteiger partial charge in [-0.15, -0.1) is 0 Å². The van der Waals surface area contributed by atoms with Crippen LogP contribution in [-0.4, -0.2) is 21.2 Å². The minimum atomic E-state index is 0.559. The van der Waals surface area contributed by atoms with Gasteiger partial charge in [0.2, 0.25) is 0 Å². The molecule has 0 unspecified atom stereocenters. The number of carbonyl (C=O) groups is 1. The van der Waals surface area contributed by atoms with Crippen LogP contribution in [0.3, 0.4) is 0 Å². The lowest BCUT2D eigenvalue weighted by Crippen LogP contribution is -1.95. The average molecular weight is 275 g/mol. The first-order valence-electron chi connectivity index (χ1n) is 6.59. The Balaban J connectivity index is 2.16. The van der Waals surface area contributed by atoms with E-state index in [2.05, 4.69) is 15.0 Å². The molecule has 3 aromatic heterocycles. The molecule has 3 rings (SSSR count). The number of aldehydes is 1. The minimum absolute atomic E-state index is 0.559. The van der Waals surface area contributed by atoms with Crippen molar-refractivity contribution in [1.29, 1.82) is 0 Å². The van der Waals surface area contributed by atoms with Crippen LogP contribution in [0.5, 0.6) is 0 Å². The molecule has 21 heavy (non-hydrogen) atoms. The SMILES string of the molecule is Cc1cccc(-c2cc(C=O)cc(-c3ccccn3)n2)n1. The van der Waals surface area contributed by atoms with E-state index in [4.69, 9.17) is 0 Å². The highest BCUT2D eigenvalue weighted by atomic mass is 16.1. The van der Waals surface area contributed by atoms with Crippen molar-refractivity contribution in [2.75, 3.05) is 0 Å². The zero-order chi connectivity index (χ0) is 14.7. The third-order valence-electron chi connectivity index (χ3n) is 3.06. The van der Waals surface area contributed by atoms with Crippen molar-refractivity contribution in [2.45, 2.75) is 6.92 Å². The predicted molar refractivity (Wildman–Crippen MR) is 80.8 cm³/mol. The molecule has 0 saturated carbocycles. The Hall–Kier alpha value is -2.88. The van der Waals surface area contributed by atoms with Gasteiger partial charge in [-0.25, -0.2) is 4.98 Å². The second-order valence-corrected chi connectivity index (χ2v) is 4.67. The van der Waals surface area contributed by atoms with Gasteiger partial charge in [0.1, 0.15) is 6.29 Å². The zero-order valence-electron chi connectivity index (χ0n) is 11.5. The van der Waals surface area contributed by atoms with Gasteiger partial charge in [0.05, 0.1) is 22.8 Å². The Kier molecular flexibility index (Phi) is 3.51. The maximum Gasteiger partial charge on any atom is 0.150 e. The van der Waals surface area contributed by atoms with E-state index in [1.54, 1.807) is 18.3 Å². The topological polar surface area (TPSA) is 55.7 Å². The van der Waals surface area contributed by atoms with E-state index in [0.717, 1.165) is 23.4 Å². The lowest BCUT2D eigenvalue weighted by atomic mass is 10.1. The van der Waals surface area contributed by atoms with Crippen LogP contribution in [0.4, 0.5) is 0 Å². The number of nitrogens with zero attached hydrogens (tertiary/aromatic N) is 3. The fourth-order valence-electron chi connectivity index (χ4n) is 2.08. The maximum absolute atomic E-state index is 11.2. The minimum Gasteiger partial charge on any atom is -0.298 e. The predicted octanol–water partition coefficient (Wildman–Crippen LogP) is 3.33. The normalized spacial score (nSPS) is 10.3. The number of rotatable bonds is 3. The Labute approximate surface area is 122 Å². The van der Waals surface area contributed by atoms with E-state index in [1.807, 2.05) is 43.3 Å². The molecule has 3 aromatic rings. The second-order valence-electron chi connectivity index (χ2n) is 4.67. The van der Waals surface area contributed by atoms with Crippen molar-refractivity contribution in [2.24, 2.45) is 0 Å². The van der Waals surface area contributed by atoms with Crippen LogP contribution in [0.15, 0.2) is 54.7 Å². The van der Waals surface area contributed by atoms with Gasteiger partial charge in [-0.3, -0.25) is 14.8 Å². The quantitative estimate of drug-likeness (QED) is 0.688. The van der Waals surface area contributed by atoms with Crippen LogP contribution in [0.25, 0.3) is 22.8 Å². The molecule has 0 aliphatic carbocycles. The van der Waals surface area contributed by atoms with E-state index in [-0.39, 0.29) is 0 Å². The lowest BCUT2D eigenvalue weighted by Gasteiger charge is -2.06. The summed E-state index contributed by atoms with van der Waals surface area (Å²) in [5.41, 5.74) is 4.28. The molecule has 0 radical (unpaired) electrons. The van der Waals surface area contributed by atoms with Crippen LogP contribution >= 0.6 is 0 Å². The third-order valence-corrected chi connectivity index (χ3v) is 3.06. The molecule has 0 aliphatic heterocycles. The highest BCUT2D eigenvalue weighted by Gasteiger charge is 2.08. The van der Waals surface area contributed by atoms with Gasteiger partial charge in [-0.1, -0.05) is 12.1 Å². The van der Waals surface area contributed by atoms with Crippen LogP contribution in [0.2, 0.25) is 0 Å². The van der Waals surface area contributed by atoms with Crippen LogP contribution in [-0.2, 0) is 0 Å². The fraction of sp³-hybridized carbons (Fsp3) is 0.0588. The Bertz CT molecular complexity index is 785. The summed E-state index contributed by atoms with van der Waals surface area (Å²) in [5.74, 6) is 0. The summed E-state index contributed by atoms with van der Waals surface area (Å²) in [6.45, 7) is 1.92. The molecular formula is C17H13N3O. The molecule has 0 N–H and O–H groups in total. The Morgan fingerprint density at radius 1 is 0.857 bits per heavy atom. The van der Waals surface area contributed by atoms with Gasteiger partial charge in [0.15, 0.2) is 0 Å². The molecule has 0 amide bonds. The van der Waals surface area contributed by atoms with Crippen LogP contribution in [0, 0.1) is 6.92 Å². The summed E-state index contributed by atoms with van der Waals surface area (Å²) in [7, 11) is 0. The molecule has 0 spiro atoms. The summed E-state index contributed by atoms with van der Waals surface area (Å²) in [5, 5.41) is 0. The molecule has 0 bridgehead atoms. The highest BCUT2D eigenvalue weighted by Crippen LogP contribution is 2.22. The van der Waals surface area contributed by atoms with Gasteiger partial charge in [0, 0.05) is 17.5 Å². The Morgan fingerprint density at radius 3 is 2.29 bits per heavy atom. The van der Waals surface area contributed by atoms with Gasteiger partial charge in [-0.2, -0.15) is 0 Å². The number of aryl methyl sites for hydroxylation is 1. The zero-order valence-corrected chi connectivity index (χ0v) is 11.5. The molecule has 3 heterocycles. The monoisotopic (exact) mass is 275 g/mol. The van der Waals surface area contributed by atoms with Gasteiger partial charge >= 0.3 is 0 Å². The van der Waals surface area contributed by atoms with Crippen molar-refractivity contribution in [3.8, 4) is 22.8 Å². The van der Waals surface area contributed by atoms with E-state index in [1.165, 1.54) is 0 Å². The van der Waals surface area contributed by atoms with Crippen LogP contribution in [0.1, 0.15) is 16.1 Å². The standard InChI is InChI=1S/C17H13N3O/c1-12-5-4-7-15(19-12)17-10-13(11-21)9-16(20-17)14-6-2-3-8-18-14/h2-11H,1H3. The van der Waals surface area contributed by atoms with Crippen LogP contribution < -0.4 is 0 Å². The van der Waals surface area contributed by atoms with E-state index < -0.39 is 0 Å². The largest absolute Gasteiger partial charge is 0.298 e. The fourth-order valence-corrected chi connectivity index (χ4v) is 2.08. The van der Waals surface area contributed by atoms with E-state index >= 15 is 0 Å². The lowest BCUT2D eigenvalue weighted by molar-refractivity contribution is 0.112. The first kappa shape index (κ1) is 13.1. The molecule has 4 heteroatoms. The van der Waals surface area contributed by atoms with Gasteiger partial charge < -0.3 is 0 Å². The van der Waals surface area contributed by atoms with Crippen molar-refractivity contribution >= 4 is 6.29 Å².